The summed E-state index contributed by atoms with van der Waals surface area (Å²) < 4.78 is 24.5. The maximum Gasteiger partial charge on any atom is 0.253 e. The molecule has 0 aliphatic carbocycles. The summed E-state index contributed by atoms with van der Waals surface area (Å²) in [5.41, 5.74) is 6.79. The third kappa shape index (κ3) is 4.59. The van der Waals surface area contributed by atoms with Crippen LogP contribution in [0.4, 0.5) is 5.69 Å². The van der Waals surface area contributed by atoms with Gasteiger partial charge in [-0.3, -0.25) is 4.79 Å². The van der Waals surface area contributed by atoms with Crippen molar-refractivity contribution in [2.45, 2.75) is 6.42 Å². The third-order valence-electron chi connectivity index (χ3n) is 3.37. The molecule has 1 fully saturated rings. The summed E-state index contributed by atoms with van der Waals surface area (Å²) in [6.45, 7) is 1.79. The molecule has 0 spiro atoms. The van der Waals surface area contributed by atoms with Crippen molar-refractivity contribution >= 4 is 34.0 Å². The lowest BCUT2D eigenvalue weighted by atomic mass is 10.2. The highest BCUT2D eigenvalue weighted by atomic mass is 35.5. The summed E-state index contributed by atoms with van der Waals surface area (Å²) in [6, 6.07) is 6.76. The van der Waals surface area contributed by atoms with Crippen molar-refractivity contribution < 1.29 is 13.2 Å². The third-order valence-corrected chi connectivity index (χ3v) is 4.67. The van der Waals surface area contributed by atoms with Gasteiger partial charge in [0.1, 0.15) is 0 Å². The Morgan fingerprint density at radius 1 is 1.10 bits per heavy atom. The number of hydrogen-bond donors (Lipinski definition) is 1. The highest BCUT2D eigenvalue weighted by Crippen LogP contribution is 2.12. The molecule has 1 amide bonds. The van der Waals surface area contributed by atoms with Gasteiger partial charge in [-0.1, -0.05) is 0 Å². The fourth-order valence-corrected chi connectivity index (χ4v) is 3.11. The highest BCUT2D eigenvalue weighted by molar-refractivity contribution is 7.88. The van der Waals surface area contributed by atoms with Gasteiger partial charge in [0, 0.05) is 37.4 Å². The monoisotopic (exact) mass is 333 g/mol. The molecule has 0 saturated carbocycles. The van der Waals surface area contributed by atoms with Crippen LogP contribution in [-0.4, -0.2) is 56.0 Å². The molecule has 0 bridgehead atoms. The Balaban J connectivity index is 0.00000220. The van der Waals surface area contributed by atoms with Gasteiger partial charge < -0.3 is 10.6 Å². The second kappa shape index (κ2) is 7.11. The van der Waals surface area contributed by atoms with E-state index in [4.69, 9.17) is 5.73 Å². The minimum absolute atomic E-state index is 0. The van der Waals surface area contributed by atoms with E-state index in [2.05, 4.69) is 0 Å². The molecule has 1 aliphatic rings. The molecule has 0 unspecified atom stereocenters. The average molecular weight is 334 g/mol. The molecular weight excluding hydrogens is 314 g/mol. The predicted octanol–water partition coefficient (Wildman–Crippen LogP) is 0.798. The lowest BCUT2D eigenvalue weighted by Crippen LogP contribution is -2.36. The predicted molar refractivity (Wildman–Crippen MR) is 85.0 cm³/mol. The van der Waals surface area contributed by atoms with Gasteiger partial charge >= 0.3 is 0 Å². The Bertz CT molecular complexity index is 589. The first-order valence-corrected chi connectivity index (χ1v) is 8.33. The van der Waals surface area contributed by atoms with Crippen LogP contribution in [0.2, 0.25) is 0 Å². The summed E-state index contributed by atoms with van der Waals surface area (Å²) >= 11 is 0. The SMILES string of the molecule is CS(=O)(=O)N1CCCN(C(=O)c2ccc(N)cc2)CC1.Cl. The number of rotatable bonds is 2. The van der Waals surface area contributed by atoms with Crippen molar-refractivity contribution in [1.82, 2.24) is 9.21 Å². The van der Waals surface area contributed by atoms with E-state index in [0.29, 0.717) is 43.9 Å². The van der Waals surface area contributed by atoms with Gasteiger partial charge in [0.25, 0.3) is 5.91 Å². The van der Waals surface area contributed by atoms with Crippen LogP contribution in [0.15, 0.2) is 24.3 Å². The Hall–Kier alpha value is -1.31. The van der Waals surface area contributed by atoms with Crippen LogP contribution in [0.1, 0.15) is 16.8 Å². The zero-order valence-electron chi connectivity index (χ0n) is 11.9. The number of carbonyl (C=O) groups is 1. The van der Waals surface area contributed by atoms with Crippen molar-refractivity contribution in [1.29, 1.82) is 0 Å². The van der Waals surface area contributed by atoms with E-state index in [1.54, 1.807) is 29.2 Å². The normalized spacial score (nSPS) is 16.9. The number of nitrogen functional groups attached to an aromatic ring is 1. The van der Waals surface area contributed by atoms with Crippen LogP contribution < -0.4 is 5.73 Å². The number of nitrogens with two attached hydrogens (primary N) is 1. The second-order valence-corrected chi connectivity index (χ2v) is 6.91. The quantitative estimate of drug-likeness (QED) is 0.811. The molecule has 1 saturated heterocycles. The van der Waals surface area contributed by atoms with Crippen LogP contribution in [0.25, 0.3) is 0 Å². The van der Waals surface area contributed by atoms with Gasteiger partial charge in [0.05, 0.1) is 6.26 Å². The molecule has 21 heavy (non-hydrogen) atoms. The van der Waals surface area contributed by atoms with Gasteiger partial charge in [-0.15, -0.1) is 12.4 Å². The lowest BCUT2D eigenvalue weighted by Gasteiger charge is -2.21. The summed E-state index contributed by atoms with van der Waals surface area (Å²) in [4.78, 5) is 14.0. The number of halogens is 1. The first-order chi connectivity index (χ1) is 9.38. The molecular formula is C13H20ClN3O3S. The summed E-state index contributed by atoms with van der Waals surface area (Å²) in [6.07, 6.45) is 1.85. The first kappa shape index (κ1) is 17.7. The molecule has 2 rings (SSSR count). The molecule has 8 heteroatoms. The Kier molecular flexibility index (Phi) is 6.00. The number of carbonyl (C=O) groups excluding carboxylic acids is 1. The van der Waals surface area contributed by atoms with Crippen LogP contribution in [0.5, 0.6) is 0 Å². The maximum absolute atomic E-state index is 12.3. The van der Waals surface area contributed by atoms with Crippen molar-refractivity contribution in [3.8, 4) is 0 Å². The van der Waals surface area contributed by atoms with Crippen molar-refractivity contribution in [3.05, 3.63) is 29.8 Å². The van der Waals surface area contributed by atoms with E-state index in [-0.39, 0.29) is 18.3 Å². The zero-order valence-corrected chi connectivity index (χ0v) is 13.5. The van der Waals surface area contributed by atoms with Crippen LogP contribution >= 0.6 is 12.4 Å². The minimum atomic E-state index is -3.19. The molecule has 0 aromatic heterocycles. The summed E-state index contributed by atoms with van der Waals surface area (Å²) in [5, 5.41) is 0. The number of nitrogens with zero attached hydrogens (tertiary/aromatic N) is 2. The standard InChI is InChI=1S/C13H19N3O3S.ClH/c1-20(18,19)16-8-2-7-15(9-10-16)13(17)11-3-5-12(14)6-4-11;/h3-6H,2,7-10,14H2,1H3;1H. The molecule has 1 heterocycles. The minimum Gasteiger partial charge on any atom is -0.399 e. The Labute approximate surface area is 131 Å². The van der Waals surface area contributed by atoms with E-state index in [1.165, 1.54) is 10.6 Å². The van der Waals surface area contributed by atoms with Gasteiger partial charge in [-0.2, -0.15) is 0 Å². The molecule has 1 aromatic rings. The number of benzene rings is 1. The molecule has 6 nitrogen and oxygen atoms in total. The molecule has 1 aliphatic heterocycles. The number of anilines is 1. The maximum atomic E-state index is 12.3. The number of amides is 1. The fourth-order valence-electron chi connectivity index (χ4n) is 2.24. The zero-order chi connectivity index (χ0) is 14.8. The second-order valence-electron chi connectivity index (χ2n) is 4.93. The Morgan fingerprint density at radius 3 is 2.29 bits per heavy atom. The fraction of sp³-hybridized carbons (Fsp3) is 0.462. The molecule has 1 aromatic carbocycles. The smallest absolute Gasteiger partial charge is 0.253 e. The van der Waals surface area contributed by atoms with Crippen molar-refractivity contribution in [2.24, 2.45) is 0 Å². The molecule has 118 valence electrons. The summed E-state index contributed by atoms with van der Waals surface area (Å²) in [7, 11) is -3.19. The van der Waals surface area contributed by atoms with Gasteiger partial charge in [-0.05, 0) is 30.7 Å². The average Bonchev–Trinajstić information content (AvgIpc) is 2.64. The van der Waals surface area contributed by atoms with Crippen LogP contribution in [-0.2, 0) is 10.0 Å². The lowest BCUT2D eigenvalue weighted by molar-refractivity contribution is 0.0764. The van der Waals surface area contributed by atoms with E-state index >= 15 is 0 Å². The molecule has 0 atom stereocenters. The van der Waals surface area contributed by atoms with E-state index in [1.807, 2.05) is 0 Å². The van der Waals surface area contributed by atoms with Gasteiger partial charge in [-0.25, -0.2) is 12.7 Å². The molecule has 0 radical (unpaired) electrons. The van der Waals surface area contributed by atoms with E-state index in [0.717, 1.165) is 0 Å². The van der Waals surface area contributed by atoms with E-state index < -0.39 is 10.0 Å². The first-order valence-electron chi connectivity index (χ1n) is 6.48. The van der Waals surface area contributed by atoms with Crippen LogP contribution in [0, 0.1) is 0 Å². The topological polar surface area (TPSA) is 83.7 Å². The van der Waals surface area contributed by atoms with E-state index in [9.17, 15) is 13.2 Å². The largest absolute Gasteiger partial charge is 0.399 e. The molecule has 2 N–H and O–H groups in total. The highest BCUT2D eigenvalue weighted by Gasteiger charge is 2.24. The van der Waals surface area contributed by atoms with Crippen molar-refractivity contribution in [3.63, 3.8) is 0 Å². The Morgan fingerprint density at radius 2 is 1.71 bits per heavy atom. The van der Waals surface area contributed by atoms with Gasteiger partial charge in [0.15, 0.2) is 0 Å². The number of hydrogen-bond acceptors (Lipinski definition) is 4. The van der Waals surface area contributed by atoms with Gasteiger partial charge in [0.2, 0.25) is 10.0 Å². The van der Waals surface area contributed by atoms with Crippen LogP contribution in [0.3, 0.4) is 0 Å². The summed E-state index contributed by atoms with van der Waals surface area (Å²) in [5.74, 6) is -0.0830. The van der Waals surface area contributed by atoms with Crippen molar-refractivity contribution in [2.75, 3.05) is 38.2 Å². The number of sulfonamides is 1.